The molecule has 1 nitrogen and oxygen atoms in total. The van der Waals surface area contributed by atoms with Crippen LogP contribution in [-0.2, 0) is 25.7 Å². The zero-order chi connectivity index (χ0) is 10.4. The van der Waals surface area contributed by atoms with Crippen molar-refractivity contribution in [1.29, 1.82) is 0 Å². The monoisotopic (exact) mass is 201 g/mol. The summed E-state index contributed by atoms with van der Waals surface area (Å²) < 4.78 is 0. The summed E-state index contributed by atoms with van der Waals surface area (Å²) in [6, 6.07) is 5.25. The molecule has 0 unspecified atom stereocenters. The lowest BCUT2D eigenvalue weighted by molar-refractivity contribution is 0.542. The molecule has 1 aromatic rings. The van der Waals surface area contributed by atoms with Crippen LogP contribution in [-0.4, -0.2) is 6.04 Å². The molecule has 0 heterocycles. The zero-order valence-corrected chi connectivity index (χ0v) is 9.42. The summed E-state index contributed by atoms with van der Waals surface area (Å²) in [5.41, 5.74) is 12.3. The van der Waals surface area contributed by atoms with E-state index in [2.05, 4.69) is 19.1 Å². The molecule has 0 fully saturated rings. The first kappa shape index (κ1) is 9.41. The highest BCUT2D eigenvalue weighted by molar-refractivity contribution is 5.44. The minimum Gasteiger partial charge on any atom is -0.327 e. The number of rotatable bonds is 1. The number of hydrogen-bond donors (Lipinski definition) is 1. The van der Waals surface area contributed by atoms with Crippen molar-refractivity contribution < 1.29 is 0 Å². The third kappa shape index (κ3) is 1.50. The molecule has 1 aromatic carbocycles. The smallest absolute Gasteiger partial charge is 0.0120 e. The van der Waals surface area contributed by atoms with Gasteiger partial charge in [0.25, 0.3) is 0 Å². The fourth-order valence-electron chi connectivity index (χ4n) is 3.17. The van der Waals surface area contributed by atoms with Crippen LogP contribution in [0.5, 0.6) is 0 Å². The molecule has 15 heavy (non-hydrogen) atoms. The Morgan fingerprint density at radius 1 is 1.00 bits per heavy atom. The summed E-state index contributed by atoms with van der Waals surface area (Å²) in [4.78, 5) is 0. The van der Waals surface area contributed by atoms with Crippen LogP contribution in [0, 0.1) is 5.92 Å². The van der Waals surface area contributed by atoms with Gasteiger partial charge in [-0.2, -0.15) is 0 Å². The topological polar surface area (TPSA) is 26.0 Å². The largest absolute Gasteiger partial charge is 0.327 e. The lowest BCUT2D eigenvalue weighted by atomic mass is 10.0. The van der Waals surface area contributed by atoms with E-state index in [4.69, 9.17) is 5.73 Å². The Kier molecular flexibility index (Phi) is 2.10. The van der Waals surface area contributed by atoms with Crippen LogP contribution in [0.15, 0.2) is 12.1 Å². The Morgan fingerprint density at radius 2 is 1.47 bits per heavy atom. The van der Waals surface area contributed by atoms with E-state index in [0.717, 1.165) is 18.8 Å². The van der Waals surface area contributed by atoms with Crippen LogP contribution in [0.25, 0.3) is 0 Å². The average Bonchev–Trinajstić information content (AvgIpc) is 2.74. The molecule has 0 bridgehead atoms. The standard InChI is InChI=1S/C14H19N/c1-2-9-3-10-5-12-7-14(15)8-13(12)6-11(10)4-9/h5-6,9,14H,2-4,7-8,15H2,1H3. The van der Waals surface area contributed by atoms with Crippen LogP contribution in [0.4, 0.5) is 0 Å². The van der Waals surface area contributed by atoms with E-state index in [9.17, 15) is 0 Å². The molecule has 80 valence electrons. The maximum Gasteiger partial charge on any atom is 0.0120 e. The molecule has 1 heteroatoms. The van der Waals surface area contributed by atoms with Crippen molar-refractivity contribution in [2.45, 2.75) is 45.1 Å². The molecule has 0 spiro atoms. The van der Waals surface area contributed by atoms with Crippen molar-refractivity contribution >= 4 is 0 Å². The maximum absolute atomic E-state index is 6.00. The molecule has 0 aromatic heterocycles. The molecule has 2 aliphatic carbocycles. The molecule has 0 aliphatic heterocycles. The van der Waals surface area contributed by atoms with E-state index in [1.54, 1.807) is 11.1 Å². The van der Waals surface area contributed by atoms with Crippen LogP contribution in [0.2, 0.25) is 0 Å². The highest BCUT2D eigenvalue weighted by Crippen LogP contribution is 2.33. The summed E-state index contributed by atoms with van der Waals surface area (Å²) in [7, 11) is 0. The number of fused-ring (bicyclic) bond motifs is 2. The van der Waals surface area contributed by atoms with E-state index in [-0.39, 0.29) is 0 Å². The maximum atomic E-state index is 6.00. The SMILES string of the molecule is CCC1Cc2cc3c(cc2C1)CC(N)C3. The van der Waals surface area contributed by atoms with Gasteiger partial charge in [0.05, 0.1) is 0 Å². The number of nitrogens with two attached hydrogens (primary N) is 1. The molecule has 0 saturated carbocycles. The summed E-state index contributed by atoms with van der Waals surface area (Å²) in [5.74, 6) is 0.899. The van der Waals surface area contributed by atoms with E-state index in [0.29, 0.717) is 6.04 Å². The summed E-state index contributed by atoms with van der Waals surface area (Å²) in [6.07, 6.45) is 6.11. The van der Waals surface area contributed by atoms with E-state index < -0.39 is 0 Å². The van der Waals surface area contributed by atoms with Crippen LogP contribution in [0.1, 0.15) is 35.6 Å². The fraction of sp³-hybridized carbons (Fsp3) is 0.571. The van der Waals surface area contributed by atoms with Crippen molar-refractivity contribution in [2.24, 2.45) is 11.7 Å². The normalized spacial score (nSPS) is 20.7. The van der Waals surface area contributed by atoms with E-state index >= 15 is 0 Å². The Bertz CT molecular complexity index is 360. The molecule has 2 N–H and O–H groups in total. The van der Waals surface area contributed by atoms with Crippen molar-refractivity contribution in [3.63, 3.8) is 0 Å². The van der Waals surface area contributed by atoms with Gasteiger partial charge < -0.3 is 5.73 Å². The molecular formula is C14H19N. The second-order valence-corrected chi connectivity index (χ2v) is 5.24. The molecule has 0 radical (unpaired) electrons. The van der Waals surface area contributed by atoms with Gasteiger partial charge >= 0.3 is 0 Å². The van der Waals surface area contributed by atoms with Crippen molar-refractivity contribution in [1.82, 2.24) is 0 Å². The third-order valence-corrected chi connectivity index (χ3v) is 4.08. The molecular weight excluding hydrogens is 182 g/mol. The lowest BCUT2D eigenvalue weighted by Crippen LogP contribution is -2.19. The minimum absolute atomic E-state index is 0.379. The molecule has 0 atom stereocenters. The van der Waals surface area contributed by atoms with Gasteiger partial charge in [0.2, 0.25) is 0 Å². The molecule has 3 rings (SSSR count). The Hall–Kier alpha value is -0.820. The van der Waals surface area contributed by atoms with Gasteiger partial charge in [0, 0.05) is 6.04 Å². The van der Waals surface area contributed by atoms with Gasteiger partial charge in [-0.15, -0.1) is 0 Å². The van der Waals surface area contributed by atoms with Crippen LogP contribution >= 0.6 is 0 Å². The quantitative estimate of drug-likeness (QED) is 0.741. The first-order valence-corrected chi connectivity index (χ1v) is 6.15. The third-order valence-electron chi connectivity index (χ3n) is 4.08. The van der Waals surface area contributed by atoms with Gasteiger partial charge in [-0.25, -0.2) is 0 Å². The molecule has 2 aliphatic rings. The van der Waals surface area contributed by atoms with Gasteiger partial charge in [0.15, 0.2) is 0 Å². The first-order valence-electron chi connectivity index (χ1n) is 6.15. The average molecular weight is 201 g/mol. The van der Waals surface area contributed by atoms with Gasteiger partial charge in [0.1, 0.15) is 0 Å². The van der Waals surface area contributed by atoms with Crippen LogP contribution in [0.3, 0.4) is 0 Å². The predicted octanol–water partition coefficient (Wildman–Crippen LogP) is 2.24. The Balaban J connectivity index is 1.96. The second-order valence-electron chi connectivity index (χ2n) is 5.24. The van der Waals surface area contributed by atoms with E-state index in [1.807, 2.05) is 0 Å². The van der Waals surface area contributed by atoms with Crippen LogP contribution < -0.4 is 5.73 Å². The second kappa shape index (κ2) is 3.34. The summed E-state index contributed by atoms with van der Waals surface area (Å²) in [5, 5.41) is 0. The van der Waals surface area contributed by atoms with Gasteiger partial charge in [-0.05, 0) is 53.9 Å². The fourth-order valence-corrected chi connectivity index (χ4v) is 3.17. The first-order chi connectivity index (χ1) is 7.26. The summed E-state index contributed by atoms with van der Waals surface area (Å²) >= 11 is 0. The summed E-state index contributed by atoms with van der Waals surface area (Å²) in [6.45, 7) is 2.31. The minimum atomic E-state index is 0.379. The van der Waals surface area contributed by atoms with E-state index in [1.165, 1.54) is 30.4 Å². The van der Waals surface area contributed by atoms with Gasteiger partial charge in [-0.1, -0.05) is 25.5 Å². The number of benzene rings is 1. The van der Waals surface area contributed by atoms with Gasteiger partial charge in [-0.3, -0.25) is 0 Å². The van der Waals surface area contributed by atoms with Crippen molar-refractivity contribution in [3.05, 3.63) is 34.4 Å². The van der Waals surface area contributed by atoms with Crippen molar-refractivity contribution in [2.75, 3.05) is 0 Å². The molecule has 0 amide bonds. The highest BCUT2D eigenvalue weighted by atomic mass is 14.6. The lowest BCUT2D eigenvalue weighted by Gasteiger charge is -2.03. The zero-order valence-electron chi connectivity index (χ0n) is 9.42. The predicted molar refractivity (Wildman–Crippen MR) is 63.0 cm³/mol. The van der Waals surface area contributed by atoms with Crippen molar-refractivity contribution in [3.8, 4) is 0 Å². The highest BCUT2D eigenvalue weighted by Gasteiger charge is 2.25. The molecule has 0 saturated heterocycles. The number of hydrogen-bond acceptors (Lipinski definition) is 1. The Labute approximate surface area is 91.7 Å². The Morgan fingerprint density at radius 3 is 1.93 bits per heavy atom.